The second-order valence-corrected chi connectivity index (χ2v) is 5.71. The summed E-state index contributed by atoms with van der Waals surface area (Å²) in [5, 5.41) is 0. The van der Waals surface area contributed by atoms with Crippen molar-refractivity contribution < 1.29 is 4.79 Å². The lowest BCUT2D eigenvalue weighted by atomic mass is 10.0. The van der Waals surface area contributed by atoms with Crippen LogP contribution in [-0.4, -0.2) is 41.9 Å². The van der Waals surface area contributed by atoms with Crippen LogP contribution < -0.4 is 0 Å². The summed E-state index contributed by atoms with van der Waals surface area (Å²) in [6, 6.07) is 9.17. The fraction of sp³-hybridized carbons (Fsp3) is 0.588. The molecule has 0 aliphatic carbocycles. The Morgan fingerprint density at radius 3 is 2.75 bits per heavy atom. The van der Waals surface area contributed by atoms with E-state index in [-0.39, 0.29) is 5.91 Å². The Labute approximate surface area is 122 Å². The number of carbonyl (C=O) groups is 1. The quantitative estimate of drug-likeness (QED) is 0.846. The first kappa shape index (κ1) is 15.0. The number of benzene rings is 1. The van der Waals surface area contributed by atoms with Gasteiger partial charge in [-0.25, -0.2) is 0 Å². The molecule has 1 heterocycles. The van der Waals surface area contributed by atoms with Gasteiger partial charge in [0.1, 0.15) is 0 Å². The van der Waals surface area contributed by atoms with Gasteiger partial charge < -0.3 is 4.90 Å². The highest BCUT2D eigenvalue weighted by molar-refractivity contribution is 5.75. The van der Waals surface area contributed by atoms with Crippen LogP contribution in [0.2, 0.25) is 0 Å². The number of hydrogen-bond acceptors (Lipinski definition) is 2. The van der Waals surface area contributed by atoms with Crippen LogP contribution in [0, 0.1) is 6.92 Å². The van der Waals surface area contributed by atoms with Gasteiger partial charge in [0.2, 0.25) is 5.91 Å². The predicted molar refractivity (Wildman–Crippen MR) is 82.7 cm³/mol. The Bertz CT molecular complexity index is 458. The van der Waals surface area contributed by atoms with Crippen molar-refractivity contribution in [2.45, 2.75) is 39.7 Å². The Balaban J connectivity index is 2.01. The lowest BCUT2D eigenvalue weighted by Crippen LogP contribution is -2.35. The highest BCUT2D eigenvalue weighted by atomic mass is 16.2. The van der Waals surface area contributed by atoms with E-state index < -0.39 is 0 Å². The van der Waals surface area contributed by atoms with Gasteiger partial charge in [-0.3, -0.25) is 9.69 Å². The monoisotopic (exact) mass is 274 g/mol. The van der Waals surface area contributed by atoms with E-state index in [1.807, 2.05) is 11.8 Å². The number of aryl methyl sites for hydroxylation is 1. The molecule has 1 aliphatic heterocycles. The Hall–Kier alpha value is -1.35. The number of amides is 1. The van der Waals surface area contributed by atoms with Crippen LogP contribution in [-0.2, 0) is 4.79 Å². The zero-order valence-electron chi connectivity index (χ0n) is 12.9. The zero-order valence-corrected chi connectivity index (χ0v) is 12.9. The number of nitrogens with zero attached hydrogens (tertiary/aromatic N) is 2. The van der Waals surface area contributed by atoms with Crippen molar-refractivity contribution >= 4 is 5.91 Å². The minimum Gasteiger partial charge on any atom is -0.341 e. The molecule has 3 nitrogen and oxygen atoms in total. The van der Waals surface area contributed by atoms with Crippen LogP contribution in [0.15, 0.2) is 24.3 Å². The third kappa shape index (κ3) is 3.60. The molecule has 1 unspecified atom stereocenters. The fourth-order valence-electron chi connectivity index (χ4n) is 2.94. The van der Waals surface area contributed by atoms with Crippen LogP contribution in [0.4, 0.5) is 0 Å². The SMILES string of the molecule is CCC(=O)N1CCCN(C(C)c2cccc(C)c2)CC1. The third-order valence-corrected chi connectivity index (χ3v) is 4.26. The second kappa shape index (κ2) is 6.89. The predicted octanol–water partition coefficient (Wildman–Crippen LogP) is 3.00. The maximum atomic E-state index is 11.8. The lowest BCUT2D eigenvalue weighted by Gasteiger charge is -2.28. The van der Waals surface area contributed by atoms with Gasteiger partial charge in [-0.1, -0.05) is 36.8 Å². The van der Waals surface area contributed by atoms with Crippen molar-refractivity contribution in [2.75, 3.05) is 26.2 Å². The van der Waals surface area contributed by atoms with Crippen LogP contribution in [0.25, 0.3) is 0 Å². The summed E-state index contributed by atoms with van der Waals surface area (Å²) in [6.45, 7) is 10.2. The van der Waals surface area contributed by atoms with Crippen molar-refractivity contribution in [3.05, 3.63) is 35.4 Å². The molecule has 0 N–H and O–H groups in total. The summed E-state index contributed by atoms with van der Waals surface area (Å²) in [6.07, 6.45) is 1.69. The van der Waals surface area contributed by atoms with Crippen molar-refractivity contribution in [3.63, 3.8) is 0 Å². The molecule has 0 bridgehead atoms. The topological polar surface area (TPSA) is 23.6 Å². The molecule has 1 fully saturated rings. The zero-order chi connectivity index (χ0) is 14.5. The molecule has 0 aromatic heterocycles. The van der Waals surface area contributed by atoms with E-state index in [9.17, 15) is 4.79 Å². The average Bonchev–Trinajstić information content (AvgIpc) is 2.71. The molecular formula is C17H26N2O. The van der Waals surface area contributed by atoms with Crippen LogP contribution in [0.1, 0.15) is 43.9 Å². The molecule has 0 radical (unpaired) electrons. The number of carbonyl (C=O) groups excluding carboxylic acids is 1. The van der Waals surface area contributed by atoms with Gasteiger partial charge in [-0.2, -0.15) is 0 Å². The Morgan fingerprint density at radius 1 is 1.25 bits per heavy atom. The molecule has 20 heavy (non-hydrogen) atoms. The fourth-order valence-corrected chi connectivity index (χ4v) is 2.94. The minimum atomic E-state index is 0.287. The van der Waals surface area contributed by atoms with Gasteiger partial charge in [-0.05, 0) is 25.8 Å². The Morgan fingerprint density at radius 2 is 2.05 bits per heavy atom. The lowest BCUT2D eigenvalue weighted by molar-refractivity contribution is -0.130. The van der Waals surface area contributed by atoms with E-state index in [4.69, 9.17) is 0 Å². The average molecular weight is 274 g/mol. The standard InChI is InChI=1S/C17H26N2O/c1-4-17(20)19-10-6-9-18(11-12-19)15(3)16-8-5-7-14(2)13-16/h5,7-8,13,15H,4,6,9-12H2,1-3H3. The molecule has 1 atom stereocenters. The first-order chi connectivity index (χ1) is 9.61. The molecule has 1 aromatic carbocycles. The first-order valence-electron chi connectivity index (χ1n) is 7.70. The smallest absolute Gasteiger partial charge is 0.222 e. The highest BCUT2D eigenvalue weighted by Crippen LogP contribution is 2.22. The molecule has 2 rings (SSSR count). The van der Waals surface area contributed by atoms with E-state index in [2.05, 4.69) is 43.0 Å². The molecule has 3 heteroatoms. The second-order valence-electron chi connectivity index (χ2n) is 5.71. The summed E-state index contributed by atoms with van der Waals surface area (Å²) in [5.74, 6) is 0.287. The number of hydrogen-bond donors (Lipinski definition) is 0. The summed E-state index contributed by atoms with van der Waals surface area (Å²) < 4.78 is 0. The van der Waals surface area contributed by atoms with E-state index in [0.29, 0.717) is 12.5 Å². The minimum absolute atomic E-state index is 0.287. The van der Waals surface area contributed by atoms with E-state index in [0.717, 1.165) is 32.6 Å². The van der Waals surface area contributed by atoms with Crippen LogP contribution >= 0.6 is 0 Å². The van der Waals surface area contributed by atoms with Gasteiger partial charge in [-0.15, -0.1) is 0 Å². The van der Waals surface area contributed by atoms with Crippen molar-refractivity contribution in [1.29, 1.82) is 0 Å². The van der Waals surface area contributed by atoms with E-state index in [1.54, 1.807) is 0 Å². The molecule has 1 amide bonds. The molecule has 1 aliphatic rings. The van der Waals surface area contributed by atoms with Crippen LogP contribution in [0.5, 0.6) is 0 Å². The largest absolute Gasteiger partial charge is 0.341 e. The van der Waals surface area contributed by atoms with E-state index in [1.165, 1.54) is 11.1 Å². The van der Waals surface area contributed by atoms with Gasteiger partial charge in [0, 0.05) is 38.6 Å². The van der Waals surface area contributed by atoms with Crippen molar-refractivity contribution in [3.8, 4) is 0 Å². The van der Waals surface area contributed by atoms with Crippen LogP contribution in [0.3, 0.4) is 0 Å². The third-order valence-electron chi connectivity index (χ3n) is 4.26. The molecule has 0 saturated carbocycles. The number of rotatable bonds is 3. The van der Waals surface area contributed by atoms with Gasteiger partial charge in [0.05, 0.1) is 0 Å². The highest BCUT2D eigenvalue weighted by Gasteiger charge is 2.21. The molecular weight excluding hydrogens is 248 g/mol. The van der Waals surface area contributed by atoms with Crippen molar-refractivity contribution in [1.82, 2.24) is 9.80 Å². The molecule has 110 valence electrons. The van der Waals surface area contributed by atoms with Gasteiger partial charge in [0.25, 0.3) is 0 Å². The molecule has 1 aromatic rings. The maximum absolute atomic E-state index is 11.8. The molecule has 0 spiro atoms. The van der Waals surface area contributed by atoms with E-state index >= 15 is 0 Å². The molecule has 1 saturated heterocycles. The first-order valence-corrected chi connectivity index (χ1v) is 7.70. The van der Waals surface area contributed by atoms with Crippen molar-refractivity contribution in [2.24, 2.45) is 0 Å². The summed E-state index contributed by atoms with van der Waals surface area (Å²) >= 11 is 0. The summed E-state index contributed by atoms with van der Waals surface area (Å²) in [5.41, 5.74) is 2.69. The van der Waals surface area contributed by atoms with Gasteiger partial charge in [0.15, 0.2) is 0 Å². The summed E-state index contributed by atoms with van der Waals surface area (Å²) in [4.78, 5) is 16.3. The Kier molecular flexibility index (Phi) is 5.18. The van der Waals surface area contributed by atoms with Gasteiger partial charge >= 0.3 is 0 Å². The normalized spacial score (nSPS) is 18.6. The maximum Gasteiger partial charge on any atom is 0.222 e. The summed E-state index contributed by atoms with van der Waals surface area (Å²) in [7, 11) is 0.